The first-order valence-corrected chi connectivity index (χ1v) is 8.71. The first kappa shape index (κ1) is 15.7. The molecule has 25 heavy (non-hydrogen) atoms. The molecule has 1 aromatic carbocycles. The van der Waals surface area contributed by atoms with Crippen molar-refractivity contribution < 1.29 is 14.0 Å². The first-order valence-electron chi connectivity index (χ1n) is 8.71. The quantitative estimate of drug-likeness (QED) is 0.802. The van der Waals surface area contributed by atoms with Gasteiger partial charge in [-0.15, -0.1) is 0 Å². The summed E-state index contributed by atoms with van der Waals surface area (Å²) in [6.45, 7) is 2.90. The van der Waals surface area contributed by atoms with Crippen molar-refractivity contribution in [1.29, 1.82) is 0 Å². The minimum Gasteiger partial charge on any atom is -0.459 e. The van der Waals surface area contributed by atoms with Crippen LogP contribution in [0, 0.1) is 0 Å². The number of furan rings is 1. The second-order valence-electron chi connectivity index (χ2n) is 6.42. The van der Waals surface area contributed by atoms with Crippen molar-refractivity contribution >= 4 is 17.6 Å². The zero-order chi connectivity index (χ0) is 17.2. The number of fused-ring (bicyclic) bond motifs is 1. The summed E-state index contributed by atoms with van der Waals surface area (Å²) in [7, 11) is 0. The zero-order valence-electron chi connectivity index (χ0n) is 14.1. The number of benzene rings is 1. The Labute approximate surface area is 146 Å². The van der Waals surface area contributed by atoms with E-state index in [0.717, 1.165) is 25.1 Å². The standard InChI is InChI=1S/C19H21N3O3/c23-18(17-8-4-14-25-17)20-10-12-21(13-11-20)19(24)22-9-3-6-15-5-1-2-7-16(15)22/h1-2,4-5,7-8,14H,3,6,9-13H2. The molecule has 6 heteroatoms. The van der Waals surface area contributed by atoms with E-state index in [1.54, 1.807) is 17.0 Å². The van der Waals surface area contributed by atoms with Crippen LogP contribution in [0.4, 0.5) is 10.5 Å². The average Bonchev–Trinajstić information content (AvgIpc) is 3.21. The highest BCUT2D eigenvalue weighted by molar-refractivity contribution is 5.94. The van der Waals surface area contributed by atoms with E-state index in [4.69, 9.17) is 4.42 Å². The number of aryl methyl sites for hydroxylation is 1. The van der Waals surface area contributed by atoms with Crippen LogP contribution < -0.4 is 4.90 Å². The summed E-state index contributed by atoms with van der Waals surface area (Å²) in [6, 6.07) is 11.5. The largest absolute Gasteiger partial charge is 0.459 e. The molecule has 1 aromatic heterocycles. The molecule has 1 fully saturated rings. The van der Waals surface area contributed by atoms with E-state index in [-0.39, 0.29) is 11.9 Å². The van der Waals surface area contributed by atoms with Crippen molar-refractivity contribution in [3.8, 4) is 0 Å². The number of para-hydroxylation sites is 1. The molecule has 0 bridgehead atoms. The van der Waals surface area contributed by atoms with Crippen molar-refractivity contribution in [1.82, 2.24) is 9.80 Å². The Balaban J connectivity index is 1.41. The van der Waals surface area contributed by atoms with Crippen molar-refractivity contribution in [2.45, 2.75) is 12.8 Å². The van der Waals surface area contributed by atoms with E-state index in [0.29, 0.717) is 31.9 Å². The van der Waals surface area contributed by atoms with E-state index in [1.165, 1.54) is 11.8 Å². The van der Waals surface area contributed by atoms with Gasteiger partial charge in [-0.25, -0.2) is 4.79 Å². The third-order valence-corrected chi connectivity index (χ3v) is 4.91. The van der Waals surface area contributed by atoms with Crippen LogP contribution in [-0.2, 0) is 6.42 Å². The Morgan fingerprint density at radius 3 is 2.40 bits per heavy atom. The Morgan fingerprint density at radius 1 is 0.880 bits per heavy atom. The molecule has 130 valence electrons. The molecule has 0 radical (unpaired) electrons. The SMILES string of the molecule is O=C(c1ccco1)N1CCN(C(=O)N2CCCc3ccccc32)CC1. The maximum absolute atomic E-state index is 13.0. The van der Waals surface area contributed by atoms with Crippen molar-refractivity contribution in [3.63, 3.8) is 0 Å². The van der Waals surface area contributed by atoms with E-state index in [1.807, 2.05) is 28.0 Å². The van der Waals surface area contributed by atoms with Crippen LogP contribution in [0.3, 0.4) is 0 Å². The predicted octanol–water partition coefficient (Wildman–Crippen LogP) is 2.61. The van der Waals surface area contributed by atoms with Crippen LogP contribution in [0.1, 0.15) is 22.5 Å². The molecule has 1 saturated heterocycles. The molecule has 0 unspecified atom stereocenters. The molecule has 0 N–H and O–H groups in total. The van der Waals surface area contributed by atoms with E-state index < -0.39 is 0 Å². The third-order valence-electron chi connectivity index (χ3n) is 4.91. The topological polar surface area (TPSA) is 57.0 Å². The van der Waals surface area contributed by atoms with Gasteiger partial charge in [-0.1, -0.05) is 18.2 Å². The summed E-state index contributed by atoms with van der Waals surface area (Å²) < 4.78 is 5.18. The number of hydrogen-bond acceptors (Lipinski definition) is 3. The molecule has 0 saturated carbocycles. The zero-order valence-corrected chi connectivity index (χ0v) is 14.1. The maximum Gasteiger partial charge on any atom is 0.324 e. The van der Waals surface area contributed by atoms with Crippen molar-refractivity contribution in [2.75, 3.05) is 37.6 Å². The monoisotopic (exact) mass is 339 g/mol. The molecule has 2 aliphatic heterocycles. The average molecular weight is 339 g/mol. The molecule has 0 atom stereocenters. The highest BCUT2D eigenvalue weighted by Gasteiger charge is 2.30. The molecular formula is C19H21N3O3. The van der Waals surface area contributed by atoms with Gasteiger partial charge in [0.1, 0.15) is 0 Å². The van der Waals surface area contributed by atoms with Gasteiger partial charge in [-0.05, 0) is 36.6 Å². The third kappa shape index (κ3) is 2.99. The van der Waals surface area contributed by atoms with Crippen LogP contribution in [0.5, 0.6) is 0 Å². The maximum atomic E-state index is 13.0. The number of carbonyl (C=O) groups is 2. The molecule has 6 nitrogen and oxygen atoms in total. The molecule has 0 aliphatic carbocycles. The van der Waals surface area contributed by atoms with Crippen LogP contribution in [0.15, 0.2) is 47.1 Å². The molecule has 2 aromatic rings. The van der Waals surface area contributed by atoms with Gasteiger partial charge in [0.25, 0.3) is 5.91 Å². The van der Waals surface area contributed by atoms with Gasteiger partial charge in [0.15, 0.2) is 5.76 Å². The fraction of sp³-hybridized carbons (Fsp3) is 0.368. The second kappa shape index (κ2) is 6.63. The summed E-state index contributed by atoms with van der Waals surface area (Å²) in [6.07, 6.45) is 3.51. The lowest BCUT2D eigenvalue weighted by Gasteiger charge is -2.38. The number of nitrogens with zero attached hydrogens (tertiary/aromatic N) is 3. The van der Waals surface area contributed by atoms with Gasteiger partial charge in [-0.3, -0.25) is 9.69 Å². The van der Waals surface area contributed by atoms with Crippen molar-refractivity contribution in [2.24, 2.45) is 0 Å². The number of amides is 3. The highest BCUT2D eigenvalue weighted by Crippen LogP contribution is 2.27. The summed E-state index contributed by atoms with van der Waals surface area (Å²) in [5.41, 5.74) is 2.25. The van der Waals surface area contributed by atoms with Gasteiger partial charge >= 0.3 is 6.03 Å². The number of carbonyl (C=O) groups excluding carboxylic acids is 2. The number of piperazine rings is 1. The molecule has 2 aliphatic rings. The lowest BCUT2D eigenvalue weighted by atomic mass is 10.0. The van der Waals surface area contributed by atoms with Gasteiger partial charge in [-0.2, -0.15) is 0 Å². The van der Waals surface area contributed by atoms with E-state index in [2.05, 4.69) is 6.07 Å². The Bertz CT molecular complexity index is 764. The Hall–Kier alpha value is -2.76. The minimum absolute atomic E-state index is 0.0391. The summed E-state index contributed by atoms with van der Waals surface area (Å²) in [5.74, 6) is 0.241. The fourth-order valence-corrected chi connectivity index (χ4v) is 3.56. The number of anilines is 1. The second-order valence-corrected chi connectivity index (χ2v) is 6.42. The molecular weight excluding hydrogens is 318 g/mol. The van der Waals surface area contributed by atoms with Gasteiger partial charge < -0.3 is 14.2 Å². The summed E-state index contributed by atoms with van der Waals surface area (Å²) in [5, 5.41) is 0. The number of hydrogen-bond donors (Lipinski definition) is 0. The minimum atomic E-state index is -0.111. The fourth-order valence-electron chi connectivity index (χ4n) is 3.56. The number of rotatable bonds is 1. The molecule has 3 amide bonds. The van der Waals surface area contributed by atoms with Crippen LogP contribution in [0.2, 0.25) is 0 Å². The molecule has 0 spiro atoms. The summed E-state index contributed by atoms with van der Waals surface area (Å²) >= 11 is 0. The van der Waals surface area contributed by atoms with Gasteiger partial charge in [0, 0.05) is 38.4 Å². The first-order chi connectivity index (χ1) is 12.2. The Kier molecular flexibility index (Phi) is 4.17. The van der Waals surface area contributed by atoms with Gasteiger partial charge in [0.05, 0.1) is 6.26 Å². The van der Waals surface area contributed by atoms with Crippen molar-refractivity contribution in [3.05, 3.63) is 54.0 Å². The van der Waals surface area contributed by atoms with Gasteiger partial charge in [0.2, 0.25) is 0 Å². The lowest BCUT2D eigenvalue weighted by molar-refractivity contribution is 0.0637. The lowest BCUT2D eigenvalue weighted by Crippen LogP contribution is -2.54. The van der Waals surface area contributed by atoms with Crippen LogP contribution >= 0.6 is 0 Å². The van der Waals surface area contributed by atoms with E-state index in [9.17, 15) is 9.59 Å². The van der Waals surface area contributed by atoms with E-state index >= 15 is 0 Å². The summed E-state index contributed by atoms with van der Waals surface area (Å²) in [4.78, 5) is 30.7. The normalized spacial score (nSPS) is 17.4. The molecule has 3 heterocycles. The van der Waals surface area contributed by atoms with Crippen LogP contribution in [0.25, 0.3) is 0 Å². The predicted molar refractivity (Wildman–Crippen MR) is 93.7 cm³/mol. The smallest absolute Gasteiger partial charge is 0.324 e. The molecule has 4 rings (SSSR count). The number of urea groups is 1. The Morgan fingerprint density at radius 2 is 1.64 bits per heavy atom. The van der Waals surface area contributed by atoms with Crippen LogP contribution in [-0.4, -0.2) is 54.5 Å². The highest BCUT2D eigenvalue weighted by atomic mass is 16.3.